The minimum atomic E-state index is -0.335. The Bertz CT molecular complexity index is 812. The summed E-state index contributed by atoms with van der Waals surface area (Å²) in [4.78, 5) is 40.7. The smallest absolute Gasteiger partial charge is 0.409 e. The molecule has 3 heterocycles. The molecule has 2 amide bonds. The van der Waals surface area contributed by atoms with Gasteiger partial charge in [-0.15, -0.1) is 11.3 Å². The van der Waals surface area contributed by atoms with E-state index in [-0.39, 0.29) is 12.0 Å². The number of nitrogens with zero attached hydrogens (tertiary/aromatic N) is 5. The van der Waals surface area contributed by atoms with Crippen LogP contribution < -0.4 is 5.32 Å². The summed E-state index contributed by atoms with van der Waals surface area (Å²) in [6.07, 6.45) is -0.335. The van der Waals surface area contributed by atoms with Gasteiger partial charge in [-0.2, -0.15) is 0 Å². The number of hydrogen-bond donors (Lipinski definition) is 1. The predicted octanol–water partition coefficient (Wildman–Crippen LogP) is 2.21. The van der Waals surface area contributed by atoms with E-state index in [0.29, 0.717) is 49.6 Å². The van der Waals surface area contributed by atoms with Crippen molar-refractivity contribution in [3.05, 3.63) is 28.5 Å². The Kier molecular flexibility index (Phi) is 5.84. The van der Waals surface area contributed by atoms with Crippen LogP contribution in [-0.2, 0) is 4.74 Å². The molecule has 2 aromatic heterocycles. The predicted molar refractivity (Wildman–Crippen MR) is 101 cm³/mol. The van der Waals surface area contributed by atoms with E-state index in [2.05, 4.69) is 20.3 Å². The number of aromatic nitrogens is 3. The SMILES string of the molecule is CCOC(=O)N1CCN(C(=O)c2csc(Nc3nc(C)cc(C)n3)n2)CC1. The van der Waals surface area contributed by atoms with Crippen LogP contribution in [0.3, 0.4) is 0 Å². The number of nitrogens with one attached hydrogen (secondary N) is 1. The first kappa shape index (κ1) is 19.0. The van der Waals surface area contributed by atoms with E-state index >= 15 is 0 Å². The summed E-state index contributed by atoms with van der Waals surface area (Å²) in [5.41, 5.74) is 2.09. The fraction of sp³-hybridized carbons (Fsp3) is 0.471. The lowest BCUT2D eigenvalue weighted by Crippen LogP contribution is -2.50. The quantitative estimate of drug-likeness (QED) is 0.854. The lowest BCUT2D eigenvalue weighted by atomic mass is 10.3. The minimum absolute atomic E-state index is 0.149. The van der Waals surface area contributed by atoms with Crippen molar-refractivity contribution < 1.29 is 14.3 Å². The minimum Gasteiger partial charge on any atom is -0.450 e. The number of hydrogen-bond acceptors (Lipinski definition) is 8. The zero-order valence-corrected chi connectivity index (χ0v) is 16.4. The molecule has 10 heteroatoms. The number of piperazine rings is 1. The van der Waals surface area contributed by atoms with Crippen LogP contribution in [0.2, 0.25) is 0 Å². The lowest BCUT2D eigenvalue weighted by molar-refractivity contribution is 0.0566. The van der Waals surface area contributed by atoms with E-state index in [0.717, 1.165) is 11.4 Å². The number of anilines is 2. The zero-order valence-electron chi connectivity index (χ0n) is 15.6. The molecular formula is C17H22N6O3S. The van der Waals surface area contributed by atoms with Crippen LogP contribution in [0.4, 0.5) is 15.9 Å². The van der Waals surface area contributed by atoms with Crippen molar-refractivity contribution >= 4 is 34.4 Å². The maximum Gasteiger partial charge on any atom is 0.409 e. The standard InChI is InChI=1S/C17H22N6O3S/c1-4-26-17(25)23-7-5-22(6-8-23)14(24)13-10-27-16(20-13)21-15-18-11(2)9-12(3)19-15/h9-10H,4-8H2,1-3H3,(H,18,19,20,21). The summed E-state index contributed by atoms with van der Waals surface area (Å²) in [5, 5.41) is 5.32. The molecule has 1 saturated heterocycles. The number of thiazole rings is 1. The van der Waals surface area contributed by atoms with Crippen LogP contribution >= 0.6 is 11.3 Å². The summed E-state index contributed by atoms with van der Waals surface area (Å²) in [6.45, 7) is 7.73. The highest BCUT2D eigenvalue weighted by molar-refractivity contribution is 7.14. The highest BCUT2D eigenvalue weighted by Gasteiger charge is 2.26. The van der Waals surface area contributed by atoms with Crippen LogP contribution in [0.5, 0.6) is 0 Å². The highest BCUT2D eigenvalue weighted by Crippen LogP contribution is 2.20. The molecule has 0 bridgehead atoms. The third-order valence-electron chi connectivity index (χ3n) is 4.02. The Morgan fingerprint density at radius 1 is 1.11 bits per heavy atom. The molecule has 1 aliphatic rings. The topological polar surface area (TPSA) is 101 Å². The van der Waals surface area contributed by atoms with E-state index in [1.54, 1.807) is 22.1 Å². The van der Waals surface area contributed by atoms with Crippen LogP contribution in [0.25, 0.3) is 0 Å². The maximum absolute atomic E-state index is 12.7. The summed E-state index contributed by atoms with van der Waals surface area (Å²) < 4.78 is 4.99. The molecule has 27 heavy (non-hydrogen) atoms. The molecule has 144 valence electrons. The van der Waals surface area contributed by atoms with Crippen molar-refractivity contribution in [1.29, 1.82) is 0 Å². The van der Waals surface area contributed by atoms with Crippen molar-refractivity contribution in [2.45, 2.75) is 20.8 Å². The Labute approximate surface area is 161 Å². The van der Waals surface area contributed by atoms with Crippen molar-refractivity contribution in [1.82, 2.24) is 24.8 Å². The molecule has 0 atom stereocenters. The average molecular weight is 390 g/mol. The van der Waals surface area contributed by atoms with Gasteiger partial charge in [-0.1, -0.05) is 0 Å². The summed E-state index contributed by atoms with van der Waals surface area (Å²) in [7, 11) is 0. The van der Waals surface area contributed by atoms with Crippen LogP contribution in [0.1, 0.15) is 28.8 Å². The Balaban J connectivity index is 1.59. The number of aryl methyl sites for hydroxylation is 2. The summed E-state index contributed by atoms with van der Waals surface area (Å²) in [6, 6.07) is 1.89. The Hall–Kier alpha value is -2.75. The zero-order chi connectivity index (χ0) is 19.4. The van der Waals surface area contributed by atoms with Crippen LogP contribution in [0.15, 0.2) is 11.4 Å². The van der Waals surface area contributed by atoms with Gasteiger partial charge >= 0.3 is 6.09 Å². The second kappa shape index (κ2) is 8.30. The molecule has 1 fully saturated rings. The molecule has 9 nitrogen and oxygen atoms in total. The van der Waals surface area contributed by atoms with Gasteiger partial charge in [0.2, 0.25) is 5.95 Å². The van der Waals surface area contributed by atoms with Gasteiger partial charge in [-0.25, -0.2) is 19.7 Å². The van der Waals surface area contributed by atoms with E-state index in [1.165, 1.54) is 11.3 Å². The average Bonchev–Trinajstić information content (AvgIpc) is 3.09. The fourth-order valence-electron chi connectivity index (χ4n) is 2.78. The van der Waals surface area contributed by atoms with Gasteiger partial charge in [-0.3, -0.25) is 4.79 Å². The number of amides is 2. The largest absolute Gasteiger partial charge is 0.450 e. The van der Waals surface area contributed by atoms with Gasteiger partial charge in [0.15, 0.2) is 5.13 Å². The lowest BCUT2D eigenvalue weighted by Gasteiger charge is -2.33. The third kappa shape index (κ3) is 4.70. The summed E-state index contributed by atoms with van der Waals surface area (Å²) >= 11 is 1.33. The molecular weight excluding hydrogens is 368 g/mol. The number of carbonyl (C=O) groups excluding carboxylic acids is 2. The normalized spacial score (nSPS) is 14.2. The Morgan fingerprint density at radius 3 is 2.37 bits per heavy atom. The molecule has 0 unspecified atom stereocenters. The third-order valence-corrected chi connectivity index (χ3v) is 4.77. The summed E-state index contributed by atoms with van der Waals surface area (Å²) in [5.74, 6) is 0.313. The van der Waals surface area contributed by atoms with E-state index in [4.69, 9.17) is 4.74 Å². The van der Waals surface area contributed by atoms with E-state index in [9.17, 15) is 9.59 Å². The maximum atomic E-state index is 12.7. The van der Waals surface area contributed by atoms with Crippen molar-refractivity contribution in [3.8, 4) is 0 Å². The molecule has 1 aliphatic heterocycles. The molecule has 0 spiro atoms. The van der Waals surface area contributed by atoms with E-state index < -0.39 is 0 Å². The van der Waals surface area contributed by atoms with Gasteiger partial charge in [0.25, 0.3) is 5.91 Å². The monoisotopic (exact) mass is 390 g/mol. The number of carbonyl (C=O) groups is 2. The van der Waals surface area contributed by atoms with E-state index in [1.807, 2.05) is 19.9 Å². The first-order valence-electron chi connectivity index (χ1n) is 8.72. The van der Waals surface area contributed by atoms with Gasteiger partial charge in [0, 0.05) is 42.9 Å². The molecule has 0 saturated carbocycles. The van der Waals surface area contributed by atoms with Crippen LogP contribution in [-0.4, -0.2) is 69.5 Å². The number of rotatable bonds is 4. The highest BCUT2D eigenvalue weighted by atomic mass is 32.1. The van der Waals surface area contributed by atoms with Crippen molar-refractivity contribution in [2.24, 2.45) is 0 Å². The molecule has 0 radical (unpaired) electrons. The van der Waals surface area contributed by atoms with Crippen LogP contribution in [0, 0.1) is 13.8 Å². The van der Waals surface area contributed by atoms with Gasteiger partial charge < -0.3 is 19.9 Å². The second-order valence-corrected chi connectivity index (χ2v) is 6.97. The molecule has 3 rings (SSSR count). The fourth-order valence-corrected chi connectivity index (χ4v) is 3.45. The van der Waals surface area contributed by atoms with Gasteiger partial charge in [0.05, 0.1) is 6.61 Å². The van der Waals surface area contributed by atoms with Gasteiger partial charge in [-0.05, 0) is 26.8 Å². The van der Waals surface area contributed by atoms with Crippen molar-refractivity contribution in [2.75, 3.05) is 38.1 Å². The van der Waals surface area contributed by atoms with Crippen molar-refractivity contribution in [3.63, 3.8) is 0 Å². The van der Waals surface area contributed by atoms with Gasteiger partial charge in [0.1, 0.15) is 5.69 Å². The first-order chi connectivity index (χ1) is 13.0. The molecule has 0 aromatic carbocycles. The first-order valence-corrected chi connectivity index (χ1v) is 9.60. The second-order valence-electron chi connectivity index (χ2n) is 6.12. The number of ether oxygens (including phenoxy) is 1. The molecule has 2 aromatic rings. The Morgan fingerprint density at radius 2 is 1.74 bits per heavy atom. The molecule has 1 N–H and O–H groups in total. The molecule has 0 aliphatic carbocycles.